The Kier molecular flexibility index (Phi) is 5.42. The molecule has 0 bridgehead atoms. The highest BCUT2D eigenvalue weighted by Gasteiger charge is 2.20. The molecule has 0 spiro atoms. The molecule has 0 unspecified atom stereocenters. The Morgan fingerprint density at radius 3 is 2.42 bits per heavy atom. The van der Waals surface area contributed by atoms with Gasteiger partial charge >= 0.3 is 0 Å². The second-order valence-corrected chi connectivity index (χ2v) is 4.05. The summed E-state index contributed by atoms with van der Waals surface area (Å²) in [5.41, 5.74) is 5.49. The van der Waals surface area contributed by atoms with Crippen molar-refractivity contribution in [3.63, 3.8) is 0 Å². The van der Waals surface area contributed by atoms with Gasteiger partial charge in [0.2, 0.25) is 0 Å². The monoisotopic (exact) mass is 189 g/mol. The molecule has 0 radical (unpaired) electrons. The Bertz CT molecular complexity index is 145. The third-order valence-corrected chi connectivity index (χ3v) is 2.44. The van der Waals surface area contributed by atoms with Gasteiger partial charge in [-0.2, -0.15) is 0 Å². The van der Waals surface area contributed by atoms with Gasteiger partial charge in [0.15, 0.2) is 0 Å². The molecule has 0 atom stereocenters. The molecule has 0 rings (SSSR count). The van der Waals surface area contributed by atoms with Gasteiger partial charge in [0.05, 0.1) is 4.99 Å². The third-order valence-electron chi connectivity index (χ3n) is 1.89. The first-order chi connectivity index (χ1) is 5.50. The van der Waals surface area contributed by atoms with Crippen LogP contribution in [-0.2, 0) is 4.74 Å². The average molecular weight is 189 g/mol. The molecule has 2 nitrogen and oxygen atoms in total. The maximum Gasteiger partial charge on any atom is 0.0785 e. The summed E-state index contributed by atoms with van der Waals surface area (Å²) in [7, 11) is 0. The second kappa shape index (κ2) is 5.49. The van der Waals surface area contributed by atoms with E-state index < -0.39 is 0 Å². The summed E-state index contributed by atoms with van der Waals surface area (Å²) < 4.78 is 5.35. The van der Waals surface area contributed by atoms with Crippen molar-refractivity contribution < 1.29 is 4.74 Å². The standard InChI is InChI=1S/C9H19NOS/c1-4-6-11-7-5-9(2,3)8(10)12/h4-7H2,1-3H3,(H2,10,12). The Morgan fingerprint density at radius 2 is 2.00 bits per heavy atom. The normalized spacial score (nSPS) is 11.6. The van der Waals surface area contributed by atoms with Crippen molar-refractivity contribution in [2.75, 3.05) is 13.2 Å². The lowest BCUT2D eigenvalue weighted by Crippen LogP contribution is -2.30. The molecule has 0 saturated heterocycles. The Morgan fingerprint density at radius 1 is 1.42 bits per heavy atom. The van der Waals surface area contributed by atoms with Crippen LogP contribution in [-0.4, -0.2) is 18.2 Å². The minimum atomic E-state index is -0.0664. The van der Waals surface area contributed by atoms with Crippen LogP contribution in [0.5, 0.6) is 0 Å². The van der Waals surface area contributed by atoms with Crippen LogP contribution < -0.4 is 5.73 Å². The molecule has 0 fully saturated rings. The molecular weight excluding hydrogens is 170 g/mol. The fourth-order valence-corrected chi connectivity index (χ4v) is 0.799. The molecule has 0 aliphatic carbocycles. The van der Waals surface area contributed by atoms with E-state index in [2.05, 4.69) is 6.92 Å². The van der Waals surface area contributed by atoms with Crippen molar-refractivity contribution in [3.8, 4) is 0 Å². The van der Waals surface area contributed by atoms with E-state index in [1.165, 1.54) is 0 Å². The van der Waals surface area contributed by atoms with Crippen LogP contribution in [0, 0.1) is 5.41 Å². The first-order valence-corrected chi connectivity index (χ1v) is 4.79. The van der Waals surface area contributed by atoms with Crippen LogP contribution in [0.2, 0.25) is 0 Å². The molecule has 0 heterocycles. The van der Waals surface area contributed by atoms with E-state index in [0.29, 0.717) is 4.99 Å². The summed E-state index contributed by atoms with van der Waals surface area (Å²) in [5, 5.41) is 0. The highest BCUT2D eigenvalue weighted by atomic mass is 32.1. The lowest BCUT2D eigenvalue weighted by atomic mass is 9.90. The number of ether oxygens (including phenoxy) is 1. The molecular formula is C9H19NOS. The smallest absolute Gasteiger partial charge is 0.0785 e. The summed E-state index contributed by atoms with van der Waals surface area (Å²) in [6.07, 6.45) is 1.97. The van der Waals surface area contributed by atoms with Gasteiger partial charge in [-0.1, -0.05) is 33.0 Å². The third kappa shape index (κ3) is 4.67. The molecule has 0 aromatic heterocycles. The maximum atomic E-state index is 5.56. The fraction of sp³-hybridized carbons (Fsp3) is 0.889. The van der Waals surface area contributed by atoms with Crippen molar-refractivity contribution in [1.82, 2.24) is 0 Å². The summed E-state index contributed by atoms with van der Waals surface area (Å²) in [6, 6.07) is 0. The highest BCUT2D eigenvalue weighted by Crippen LogP contribution is 2.20. The van der Waals surface area contributed by atoms with Crippen LogP contribution in [0.15, 0.2) is 0 Å². The van der Waals surface area contributed by atoms with E-state index >= 15 is 0 Å². The summed E-state index contributed by atoms with van der Waals surface area (Å²) in [6.45, 7) is 7.76. The SMILES string of the molecule is CCCOCCC(C)(C)C(N)=S. The maximum absolute atomic E-state index is 5.56. The summed E-state index contributed by atoms with van der Waals surface area (Å²) >= 11 is 4.93. The van der Waals surface area contributed by atoms with Gasteiger partial charge in [-0.15, -0.1) is 0 Å². The second-order valence-electron chi connectivity index (χ2n) is 3.61. The largest absolute Gasteiger partial charge is 0.393 e. The number of rotatable bonds is 6. The van der Waals surface area contributed by atoms with Crippen LogP contribution >= 0.6 is 12.2 Å². The molecule has 0 amide bonds. The highest BCUT2D eigenvalue weighted by molar-refractivity contribution is 7.80. The molecule has 0 aliphatic rings. The lowest BCUT2D eigenvalue weighted by molar-refractivity contribution is 0.117. The van der Waals surface area contributed by atoms with E-state index in [1.807, 2.05) is 13.8 Å². The lowest BCUT2D eigenvalue weighted by Gasteiger charge is -2.22. The van der Waals surface area contributed by atoms with E-state index in [4.69, 9.17) is 22.7 Å². The number of hydrogen-bond acceptors (Lipinski definition) is 2. The minimum Gasteiger partial charge on any atom is -0.393 e. The zero-order chi connectivity index (χ0) is 9.61. The molecule has 12 heavy (non-hydrogen) atoms. The summed E-state index contributed by atoms with van der Waals surface area (Å²) in [5.74, 6) is 0. The van der Waals surface area contributed by atoms with Gasteiger partial charge in [-0.05, 0) is 12.8 Å². The van der Waals surface area contributed by atoms with E-state index in [0.717, 1.165) is 26.1 Å². The molecule has 0 saturated carbocycles. The van der Waals surface area contributed by atoms with Crippen molar-refractivity contribution in [1.29, 1.82) is 0 Å². The van der Waals surface area contributed by atoms with Crippen LogP contribution in [0.25, 0.3) is 0 Å². The van der Waals surface area contributed by atoms with Gasteiger partial charge in [0.1, 0.15) is 0 Å². The fourth-order valence-electron chi connectivity index (χ4n) is 0.697. The molecule has 0 aromatic rings. The number of nitrogens with two attached hydrogens (primary N) is 1. The first kappa shape index (κ1) is 11.8. The van der Waals surface area contributed by atoms with Gasteiger partial charge in [0, 0.05) is 18.6 Å². The first-order valence-electron chi connectivity index (χ1n) is 4.38. The molecule has 3 heteroatoms. The average Bonchev–Trinajstić information content (AvgIpc) is 1.98. The van der Waals surface area contributed by atoms with E-state index in [1.54, 1.807) is 0 Å². The Balaban J connectivity index is 3.54. The zero-order valence-electron chi connectivity index (χ0n) is 8.22. The molecule has 0 aliphatic heterocycles. The van der Waals surface area contributed by atoms with Crippen molar-refractivity contribution >= 4 is 17.2 Å². The van der Waals surface area contributed by atoms with Crippen LogP contribution in [0.1, 0.15) is 33.6 Å². The minimum absolute atomic E-state index is 0.0664. The summed E-state index contributed by atoms with van der Waals surface area (Å²) in [4.78, 5) is 0.572. The van der Waals surface area contributed by atoms with Crippen LogP contribution in [0.4, 0.5) is 0 Å². The number of thiocarbonyl (C=S) groups is 1. The Hall–Kier alpha value is -0.150. The quantitative estimate of drug-likeness (QED) is 0.513. The molecule has 0 aromatic carbocycles. The predicted octanol–water partition coefficient (Wildman–Crippen LogP) is 2.12. The number of hydrogen-bond donors (Lipinski definition) is 1. The predicted molar refractivity (Wildman–Crippen MR) is 56.3 cm³/mol. The van der Waals surface area contributed by atoms with Gasteiger partial charge in [-0.25, -0.2) is 0 Å². The molecule has 2 N–H and O–H groups in total. The Labute approximate surface area is 80.5 Å². The zero-order valence-corrected chi connectivity index (χ0v) is 9.04. The van der Waals surface area contributed by atoms with Crippen molar-refractivity contribution in [2.24, 2.45) is 11.1 Å². The molecule has 72 valence electrons. The topological polar surface area (TPSA) is 35.2 Å². The van der Waals surface area contributed by atoms with E-state index in [9.17, 15) is 0 Å². The van der Waals surface area contributed by atoms with Crippen LogP contribution in [0.3, 0.4) is 0 Å². The van der Waals surface area contributed by atoms with Gasteiger partial charge < -0.3 is 10.5 Å². The van der Waals surface area contributed by atoms with Crippen molar-refractivity contribution in [2.45, 2.75) is 33.6 Å². The van der Waals surface area contributed by atoms with Gasteiger partial charge in [-0.3, -0.25) is 0 Å². The van der Waals surface area contributed by atoms with Gasteiger partial charge in [0.25, 0.3) is 0 Å². The van der Waals surface area contributed by atoms with Crippen molar-refractivity contribution in [3.05, 3.63) is 0 Å². The van der Waals surface area contributed by atoms with E-state index in [-0.39, 0.29) is 5.41 Å².